The van der Waals surface area contributed by atoms with Gasteiger partial charge in [0.25, 0.3) is 5.91 Å². The number of nitrogens with one attached hydrogen (secondary N) is 1. The number of aliphatic hydroxyl groups is 1. The fourth-order valence-electron chi connectivity index (χ4n) is 4.19. The average molecular weight is 472 g/mol. The minimum Gasteiger partial charge on any atom is -0.380 e. The molecule has 2 N–H and O–H groups in total. The van der Waals surface area contributed by atoms with Gasteiger partial charge in [-0.3, -0.25) is 4.79 Å². The molecule has 1 aromatic heterocycles. The number of carbonyl (C=O) groups excluding carboxylic acids is 1. The summed E-state index contributed by atoms with van der Waals surface area (Å²) in [5.74, 6) is -1.79. The van der Waals surface area contributed by atoms with E-state index in [4.69, 9.17) is 0 Å². The molecule has 4 rings (SSSR count). The van der Waals surface area contributed by atoms with Crippen LogP contribution >= 0.6 is 11.3 Å². The molecule has 0 radical (unpaired) electrons. The van der Waals surface area contributed by atoms with E-state index in [1.807, 2.05) is 0 Å². The predicted molar refractivity (Wildman–Crippen MR) is 112 cm³/mol. The summed E-state index contributed by atoms with van der Waals surface area (Å²) in [5, 5.41) is 12.7. The summed E-state index contributed by atoms with van der Waals surface area (Å²) in [6, 6.07) is 2.13. The van der Waals surface area contributed by atoms with Crippen molar-refractivity contribution in [1.82, 2.24) is 14.6 Å². The van der Waals surface area contributed by atoms with Gasteiger partial charge in [0.15, 0.2) is 0 Å². The number of halogens is 2. The molecular formula is C20H23F2N3O4S2. The standard InChI is InChI=1S/C20H23F2N3O4S2/c1-31(28,29)24-16-3-6-25(19(26)20(27)4-2-5-20)17(16)10-15-11-30-18(23-15)12-7-13(21)9-14(22)8-12/h7-9,11,16-17,24,27H,2-6,10H2,1H3. The second-order valence-electron chi connectivity index (χ2n) is 8.24. The maximum atomic E-state index is 13.6. The van der Waals surface area contributed by atoms with Crippen molar-refractivity contribution >= 4 is 27.3 Å². The zero-order valence-electron chi connectivity index (χ0n) is 16.8. The van der Waals surface area contributed by atoms with Crippen molar-refractivity contribution in [2.24, 2.45) is 0 Å². The summed E-state index contributed by atoms with van der Waals surface area (Å²) < 4.78 is 53.4. The van der Waals surface area contributed by atoms with Gasteiger partial charge in [0.2, 0.25) is 10.0 Å². The molecule has 2 aliphatic rings. The summed E-state index contributed by atoms with van der Waals surface area (Å²) >= 11 is 1.21. The highest BCUT2D eigenvalue weighted by atomic mass is 32.2. The van der Waals surface area contributed by atoms with Crippen molar-refractivity contribution in [3.63, 3.8) is 0 Å². The molecule has 1 aliphatic carbocycles. The summed E-state index contributed by atoms with van der Waals surface area (Å²) in [6.07, 6.45) is 3.30. The van der Waals surface area contributed by atoms with E-state index < -0.39 is 39.3 Å². The van der Waals surface area contributed by atoms with Gasteiger partial charge in [0.1, 0.15) is 22.2 Å². The molecule has 2 heterocycles. The van der Waals surface area contributed by atoms with Crippen molar-refractivity contribution < 1.29 is 27.1 Å². The zero-order chi connectivity index (χ0) is 22.4. The van der Waals surface area contributed by atoms with Gasteiger partial charge in [-0.1, -0.05) is 0 Å². The van der Waals surface area contributed by atoms with Gasteiger partial charge in [0.05, 0.1) is 18.0 Å². The number of hydrogen-bond donors (Lipinski definition) is 2. The van der Waals surface area contributed by atoms with Crippen LogP contribution in [0.5, 0.6) is 0 Å². The van der Waals surface area contributed by atoms with Crippen LogP contribution < -0.4 is 4.72 Å². The van der Waals surface area contributed by atoms with Gasteiger partial charge < -0.3 is 10.0 Å². The van der Waals surface area contributed by atoms with Crippen molar-refractivity contribution in [2.75, 3.05) is 12.8 Å². The molecule has 1 saturated carbocycles. The lowest BCUT2D eigenvalue weighted by atomic mass is 9.79. The Kier molecular flexibility index (Phi) is 5.88. The van der Waals surface area contributed by atoms with Gasteiger partial charge in [-0.05, 0) is 37.8 Å². The maximum Gasteiger partial charge on any atom is 0.254 e. The largest absolute Gasteiger partial charge is 0.380 e. The van der Waals surface area contributed by atoms with Gasteiger partial charge in [-0.15, -0.1) is 11.3 Å². The Morgan fingerprint density at radius 1 is 1.32 bits per heavy atom. The summed E-state index contributed by atoms with van der Waals surface area (Å²) in [5.41, 5.74) is -0.497. The Hall–Kier alpha value is -1.95. The lowest BCUT2D eigenvalue weighted by Gasteiger charge is -2.40. The van der Waals surface area contributed by atoms with Crippen LogP contribution in [0.3, 0.4) is 0 Å². The van der Waals surface area contributed by atoms with Crippen LogP contribution in [-0.2, 0) is 21.2 Å². The molecule has 1 saturated heterocycles. The Bertz CT molecular complexity index is 1080. The highest BCUT2D eigenvalue weighted by Gasteiger charge is 2.49. The predicted octanol–water partition coefficient (Wildman–Crippen LogP) is 2.06. The highest BCUT2D eigenvalue weighted by molar-refractivity contribution is 7.88. The first kappa shape index (κ1) is 22.3. The van der Waals surface area contributed by atoms with E-state index in [1.54, 1.807) is 10.3 Å². The molecule has 0 bridgehead atoms. The number of nitrogens with zero attached hydrogens (tertiary/aromatic N) is 2. The van der Waals surface area contributed by atoms with Crippen molar-refractivity contribution in [3.8, 4) is 10.6 Å². The quantitative estimate of drug-likeness (QED) is 0.672. The number of aromatic nitrogens is 1. The summed E-state index contributed by atoms with van der Waals surface area (Å²) in [7, 11) is -3.51. The van der Waals surface area contributed by atoms with E-state index in [9.17, 15) is 27.1 Å². The van der Waals surface area contributed by atoms with Gasteiger partial charge in [-0.25, -0.2) is 26.9 Å². The molecule has 1 aliphatic heterocycles. The first-order chi connectivity index (χ1) is 14.5. The van der Waals surface area contributed by atoms with Crippen LogP contribution in [0.1, 0.15) is 31.4 Å². The van der Waals surface area contributed by atoms with E-state index in [2.05, 4.69) is 9.71 Å². The molecule has 1 amide bonds. The maximum absolute atomic E-state index is 13.6. The third-order valence-electron chi connectivity index (χ3n) is 5.83. The Balaban J connectivity index is 1.59. The first-order valence-corrected chi connectivity index (χ1v) is 12.7. The minimum atomic E-state index is -3.51. The topological polar surface area (TPSA) is 99.6 Å². The molecule has 11 heteroatoms. The zero-order valence-corrected chi connectivity index (χ0v) is 18.5. The van der Waals surface area contributed by atoms with Crippen LogP contribution in [0.25, 0.3) is 10.6 Å². The summed E-state index contributed by atoms with van der Waals surface area (Å²) in [6.45, 7) is 0.325. The number of likely N-dealkylation sites (tertiary alicyclic amines) is 1. The highest BCUT2D eigenvalue weighted by Crippen LogP contribution is 2.36. The van der Waals surface area contributed by atoms with Crippen LogP contribution in [0.4, 0.5) is 8.78 Å². The van der Waals surface area contributed by atoms with Crippen LogP contribution in [-0.4, -0.2) is 59.8 Å². The van der Waals surface area contributed by atoms with E-state index >= 15 is 0 Å². The van der Waals surface area contributed by atoms with Crippen molar-refractivity contribution in [3.05, 3.63) is 40.9 Å². The van der Waals surface area contributed by atoms with E-state index in [-0.39, 0.29) is 12.3 Å². The SMILES string of the molecule is CS(=O)(=O)NC1CCN(C(=O)C2(O)CCC2)C1Cc1csc(-c2cc(F)cc(F)c2)n1. The molecular weight excluding hydrogens is 448 g/mol. The van der Waals surface area contributed by atoms with E-state index in [1.165, 1.54) is 23.5 Å². The lowest BCUT2D eigenvalue weighted by Crippen LogP contribution is -2.57. The van der Waals surface area contributed by atoms with Crippen LogP contribution in [0.15, 0.2) is 23.6 Å². The Morgan fingerprint density at radius 3 is 2.58 bits per heavy atom. The number of rotatable bonds is 6. The number of amides is 1. The molecule has 31 heavy (non-hydrogen) atoms. The van der Waals surface area contributed by atoms with Crippen molar-refractivity contribution in [1.29, 1.82) is 0 Å². The fraction of sp³-hybridized carbons (Fsp3) is 0.500. The molecule has 2 unspecified atom stereocenters. The van der Waals surface area contributed by atoms with Crippen LogP contribution in [0, 0.1) is 11.6 Å². The lowest BCUT2D eigenvalue weighted by molar-refractivity contribution is -0.161. The third-order valence-corrected chi connectivity index (χ3v) is 7.50. The normalized spacial score (nSPS) is 23.0. The molecule has 0 spiro atoms. The smallest absolute Gasteiger partial charge is 0.254 e. The summed E-state index contributed by atoms with van der Waals surface area (Å²) in [4.78, 5) is 19.0. The second kappa shape index (κ2) is 8.19. The number of benzene rings is 1. The van der Waals surface area contributed by atoms with E-state index in [0.717, 1.165) is 18.7 Å². The van der Waals surface area contributed by atoms with Crippen molar-refractivity contribution in [2.45, 2.75) is 49.8 Å². The van der Waals surface area contributed by atoms with Gasteiger partial charge in [-0.2, -0.15) is 0 Å². The fourth-order valence-corrected chi connectivity index (χ4v) is 5.83. The molecule has 1 aromatic carbocycles. The second-order valence-corrected chi connectivity index (χ2v) is 10.9. The van der Waals surface area contributed by atoms with Gasteiger partial charge in [0, 0.05) is 36.0 Å². The Morgan fingerprint density at radius 2 is 2.00 bits per heavy atom. The van der Waals surface area contributed by atoms with E-state index in [0.29, 0.717) is 42.1 Å². The molecule has 2 aromatic rings. The minimum absolute atomic E-state index is 0.253. The number of carbonyl (C=O) groups is 1. The average Bonchev–Trinajstić information content (AvgIpc) is 3.25. The third kappa shape index (κ3) is 4.79. The Labute approximate surface area is 183 Å². The molecule has 168 valence electrons. The number of hydrogen-bond acceptors (Lipinski definition) is 6. The molecule has 7 nitrogen and oxygen atoms in total. The van der Waals surface area contributed by atoms with Gasteiger partial charge >= 0.3 is 0 Å². The monoisotopic (exact) mass is 471 g/mol. The number of thiazole rings is 1. The molecule has 2 fully saturated rings. The molecule has 2 atom stereocenters. The van der Waals surface area contributed by atoms with Crippen LogP contribution in [0.2, 0.25) is 0 Å². The number of sulfonamides is 1. The first-order valence-electron chi connectivity index (χ1n) is 9.96.